The maximum atomic E-state index is 12.4. The van der Waals surface area contributed by atoms with E-state index in [2.05, 4.69) is 5.32 Å². The normalized spacial score (nSPS) is 21.4. The second kappa shape index (κ2) is 5.02. The number of hydrogen-bond acceptors (Lipinski definition) is 5. The Morgan fingerprint density at radius 3 is 2.14 bits per heavy atom. The van der Waals surface area contributed by atoms with Crippen molar-refractivity contribution in [1.82, 2.24) is 0 Å². The summed E-state index contributed by atoms with van der Waals surface area (Å²) in [6.07, 6.45) is 1.41. The highest BCUT2D eigenvalue weighted by atomic mass is 32.2. The van der Waals surface area contributed by atoms with Crippen LogP contribution < -0.4 is 5.32 Å². The van der Waals surface area contributed by atoms with Crippen molar-refractivity contribution in [2.75, 3.05) is 11.1 Å². The van der Waals surface area contributed by atoms with Crippen molar-refractivity contribution in [2.24, 2.45) is 0 Å². The Morgan fingerprint density at radius 2 is 1.71 bits per heavy atom. The Labute approximate surface area is 119 Å². The molecule has 0 saturated heterocycles. The summed E-state index contributed by atoms with van der Waals surface area (Å²) in [6, 6.07) is 3.44. The highest BCUT2D eigenvalue weighted by molar-refractivity contribution is 7.94. The van der Waals surface area contributed by atoms with Gasteiger partial charge in [0, 0.05) is 11.1 Å². The highest BCUT2D eigenvalue weighted by Gasteiger charge is 2.46. The molecule has 0 aromatic heterocycles. The van der Waals surface area contributed by atoms with E-state index < -0.39 is 36.1 Å². The molecule has 0 amide bonds. The van der Waals surface area contributed by atoms with Crippen LogP contribution in [0.25, 0.3) is 0 Å². The minimum absolute atomic E-state index is 0.157. The molecule has 1 N–H and O–H groups in total. The zero-order valence-corrected chi connectivity index (χ0v) is 12.0. The fraction of sp³-hybridized carbons (Fsp3) is 0.273. The molecule has 1 aromatic carbocycles. The molecule has 0 saturated carbocycles. The van der Waals surface area contributed by atoms with Crippen LogP contribution >= 0.6 is 0 Å². The second-order valence-corrected chi connectivity index (χ2v) is 8.25. The fourth-order valence-electron chi connectivity index (χ4n) is 1.74. The number of hydrogen-bond donors (Lipinski definition) is 1. The van der Waals surface area contributed by atoms with Crippen LogP contribution in [0.1, 0.15) is 0 Å². The zero-order valence-electron chi connectivity index (χ0n) is 10.3. The lowest BCUT2D eigenvalue weighted by molar-refractivity contribution is -0.0436. The van der Waals surface area contributed by atoms with E-state index in [9.17, 15) is 30.0 Å². The van der Waals surface area contributed by atoms with Gasteiger partial charge in [-0.25, -0.2) is 16.8 Å². The van der Waals surface area contributed by atoms with Crippen molar-refractivity contribution in [3.05, 3.63) is 35.7 Å². The molecule has 0 spiro atoms. The number of nitrogens with one attached hydrogen (secondary N) is 1. The summed E-state index contributed by atoms with van der Waals surface area (Å²) in [5, 5.41) is 3.82. The third kappa shape index (κ3) is 3.38. The molecule has 1 unspecified atom stereocenters. The van der Waals surface area contributed by atoms with E-state index >= 15 is 0 Å². The molecule has 1 atom stereocenters. The van der Waals surface area contributed by atoms with Gasteiger partial charge in [-0.3, -0.25) is 0 Å². The van der Waals surface area contributed by atoms with Crippen molar-refractivity contribution in [2.45, 2.75) is 16.4 Å². The lowest BCUT2D eigenvalue weighted by Gasteiger charge is -2.12. The molecule has 2 rings (SSSR count). The molecule has 10 heteroatoms. The predicted octanol–water partition coefficient (Wildman–Crippen LogP) is 1.70. The van der Waals surface area contributed by atoms with E-state index in [-0.39, 0.29) is 5.75 Å². The van der Waals surface area contributed by atoms with E-state index in [0.717, 1.165) is 29.7 Å². The van der Waals surface area contributed by atoms with Crippen LogP contribution in [0.3, 0.4) is 0 Å². The summed E-state index contributed by atoms with van der Waals surface area (Å²) in [5.74, 6) is -0.157. The van der Waals surface area contributed by atoms with Crippen molar-refractivity contribution in [3.8, 4) is 0 Å². The van der Waals surface area contributed by atoms with Gasteiger partial charge in [0.05, 0.1) is 16.7 Å². The van der Waals surface area contributed by atoms with Crippen molar-refractivity contribution in [1.29, 1.82) is 0 Å². The average Bonchev–Trinajstić information content (AvgIpc) is 2.68. The van der Waals surface area contributed by atoms with Gasteiger partial charge in [0.15, 0.2) is 9.84 Å². The molecule has 0 aliphatic carbocycles. The Balaban J connectivity index is 2.16. The van der Waals surface area contributed by atoms with Gasteiger partial charge in [-0.2, -0.15) is 13.2 Å². The molecule has 0 radical (unpaired) electrons. The molecule has 1 aliphatic rings. The van der Waals surface area contributed by atoms with Gasteiger partial charge in [0.25, 0.3) is 9.84 Å². The standard InChI is InChI=1S/C11H10F3NO4S2/c12-11(13,14)21(18,19)10-3-1-8(2-4-10)15-9-5-6-20(16,17)7-9/h1-6,9,15H,7H2. The summed E-state index contributed by atoms with van der Waals surface area (Å²) >= 11 is 0. The van der Waals surface area contributed by atoms with E-state index in [1.54, 1.807) is 0 Å². The summed E-state index contributed by atoms with van der Waals surface area (Å²) in [7, 11) is -8.63. The second-order valence-electron chi connectivity index (χ2n) is 4.38. The third-order valence-electron chi connectivity index (χ3n) is 2.75. The molecule has 1 aromatic rings. The van der Waals surface area contributed by atoms with Gasteiger partial charge in [-0.05, 0) is 24.3 Å². The Morgan fingerprint density at radius 1 is 1.14 bits per heavy atom. The molecular formula is C11H10F3NO4S2. The molecular weight excluding hydrogens is 331 g/mol. The van der Waals surface area contributed by atoms with Gasteiger partial charge in [-0.1, -0.05) is 6.08 Å². The van der Waals surface area contributed by atoms with E-state index in [1.165, 1.54) is 6.08 Å². The monoisotopic (exact) mass is 341 g/mol. The molecule has 0 fully saturated rings. The Hall–Kier alpha value is -1.55. The zero-order chi connectivity index (χ0) is 15.9. The largest absolute Gasteiger partial charge is 0.501 e. The molecule has 1 aliphatic heterocycles. The van der Waals surface area contributed by atoms with Crippen LogP contribution in [0.2, 0.25) is 0 Å². The van der Waals surface area contributed by atoms with Gasteiger partial charge >= 0.3 is 5.51 Å². The van der Waals surface area contributed by atoms with Crippen LogP contribution in [0, 0.1) is 0 Å². The predicted molar refractivity (Wildman–Crippen MR) is 70.0 cm³/mol. The van der Waals surface area contributed by atoms with Gasteiger partial charge in [0.1, 0.15) is 0 Å². The smallest absolute Gasteiger partial charge is 0.378 e. The molecule has 5 nitrogen and oxygen atoms in total. The molecule has 21 heavy (non-hydrogen) atoms. The van der Waals surface area contributed by atoms with Gasteiger partial charge in [-0.15, -0.1) is 0 Å². The number of benzene rings is 1. The molecule has 116 valence electrons. The Kier molecular flexibility index (Phi) is 3.79. The number of sulfone groups is 2. The quantitative estimate of drug-likeness (QED) is 0.905. The van der Waals surface area contributed by atoms with E-state index in [0.29, 0.717) is 5.69 Å². The first kappa shape index (κ1) is 15.8. The number of anilines is 1. The van der Waals surface area contributed by atoms with Crippen molar-refractivity contribution in [3.63, 3.8) is 0 Å². The van der Waals surface area contributed by atoms with Crippen LogP contribution in [0.15, 0.2) is 40.6 Å². The minimum Gasteiger partial charge on any atom is -0.378 e. The van der Waals surface area contributed by atoms with Gasteiger partial charge in [0.2, 0.25) is 0 Å². The summed E-state index contributed by atoms with van der Waals surface area (Å²) < 4.78 is 81.8. The first-order chi connectivity index (χ1) is 9.51. The van der Waals surface area contributed by atoms with Gasteiger partial charge < -0.3 is 5.32 Å². The number of rotatable bonds is 3. The Bertz CT molecular complexity index is 765. The van der Waals surface area contributed by atoms with Crippen LogP contribution in [0.5, 0.6) is 0 Å². The number of halogens is 3. The lowest BCUT2D eigenvalue weighted by Crippen LogP contribution is -2.23. The molecule has 0 bridgehead atoms. The lowest BCUT2D eigenvalue weighted by atomic mass is 10.2. The van der Waals surface area contributed by atoms with Crippen LogP contribution in [-0.2, 0) is 19.7 Å². The van der Waals surface area contributed by atoms with Crippen molar-refractivity contribution < 1.29 is 30.0 Å². The average molecular weight is 341 g/mol. The van der Waals surface area contributed by atoms with Crippen LogP contribution in [0.4, 0.5) is 18.9 Å². The first-order valence-corrected chi connectivity index (χ1v) is 8.80. The third-order valence-corrected chi connectivity index (χ3v) is 5.65. The van der Waals surface area contributed by atoms with Crippen LogP contribution in [-0.4, -0.2) is 34.1 Å². The van der Waals surface area contributed by atoms with E-state index in [1.807, 2.05) is 0 Å². The summed E-state index contributed by atoms with van der Waals surface area (Å²) in [6.45, 7) is 0. The first-order valence-electron chi connectivity index (χ1n) is 5.60. The SMILES string of the molecule is O=S1(=O)C=CC(Nc2ccc(S(=O)(=O)C(F)(F)F)cc2)C1. The van der Waals surface area contributed by atoms with Crippen molar-refractivity contribution >= 4 is 25.4 Å². The summed E-state index contributed by atoms with van der Waals surface area (Å²) in [4.78, 5) is -0.866. The maximum absolute atomic E-state index is 12.4. The van der Waals surface area contributed by atoms with E-state index in [4.69, 9.17) is 0 Å². The topological polar surface area (TPSA) is 80.3 Å². The molecule has 1 heterocycles. The fourth-order valence-corrected chi connectivity index (χ4v) is 3.74. The summed E-state index contributed by atoms with van der Waals surface area (Å²) in [5.41, 5.74) is -5.03. The minimum atomic E-state index is -5.38. The maximum Gasteiger partial charge on any atom is 0.501 e. The number of alkyl halides is 3. The highest BCUT2D eigenvalue weighted by Crippen LogP contribution is 2.30.